The van der Waals surface area contributed by atoms with Gasteiger partial charge in [-0.25, -0.2) is 4.21 Å². The van der Waals surface area contributed by atoms with Gasteiger partial charge >= 0.3 is 0 Å². The van der Waals surface area contributed by atoms with Crippen LogP contribution in [0.1, 0.15) is 18.3 Å². The molecule has 0 spiro atoms. The molecule has 4 nitrogen and oxygen atoms in total. The van der Waals surface area contributed by atoms with Crippen LogP contribution in [0.15, 0.2) is 12.4 Å². The first-order chi connectivity index (χ1) is 6.09. The Kier molecular flexibility index (Phi) is 3.50. The summed E-state index contributed by atoms with van der Waals surface area (Å²) >= 11 is 0. The van der Waals surface area contributed by atoms with Crippen LogP contribution in [0, 0.1) is 6.92 Å². The largest absolute Gasteiger partial charge is 0.258 e. The highest BCUT2D eigenvalue weighted by atomic mass is 32.2. The van der Waals surface area contributed by atoms with E-state index in [0.29, 0.717) is 6.42 Å². The van der Waals surface area contributed by atoms with E-state index in [1.807, 2.05) is 13.8 Å². The second-order valence-corrected chi connectivity index (χ2v) is 4.45. The van der Waals surface area contributed by atoms with Gasteiger partial charge in [-0.2, -0.15) is 0 Å². The van der Waals surface area contributed by atoms with E-state index in [1.165, 1.54) is 0 Å². The average Bonchev–Trinajstić information content (AvgIpc) is 2.08. The molecule has 1 aromatic rings. The highest BCUT2D eigenvalue weighted by Crippen LogP contribution is 2.01. The van der Waals surface area contributed by atoms with Crippen LogP contribution in [0.2, 0.25) is 0 Å². The van der Waals surface area contributed by atoms with Gasteiger partial charge in [0.15, 0.2) is 0 Å². The molecule has 0 saturated heterocycles. The van der Waals surface area contributed by atoms with Crippen molar-refractivity contribution in [1.29, 1.82) is 0 Å². The zero-order chi connectivity index (χ0) is 9.84. The van der Waals surface area contributed by atoms with Gasteiger partial charge in [0.1, 0.15) is 0 Å². The zero-order valence-corrected chi connectivity index (χ0v) is 8.54. The van der Waals surface area contributed by atoms with E-state index >= 15 is 0 Å². The molecular weight excluding hydrogens is 186 g/mol. The maximum absolute atomic E-state index is 10.9. The molecule has 5 heteroatoms. The summed E-state index contributed by atoms with van der Waals surface area (Å²) in [5.74, 6) is 0. The van der Waals surface area contributed by atoms with Gasteiger partial charge < -0.3 is 0 Å². The zero-order valence-electron chi connectivity index (χ0n) is 7.73. The lowest BCUT2D eigenvalue weighted by Crippen LogP contribution is -2.21. The summed E-state index contributed by atoms with van der Waals surface area (Å²) in [6.45, 7) is 3.71. The molecular formula is C8H13N3OS. The van der Waals surface area contributed by atoms with E-state index in [4.69, 9.17) is 5.14 Å². The number of nitrogens with two attached hydrogens (primary N) is 1. The van der Waals surface area contributed by atoms with Crippen molar-refractivity contribution >= 4 is 11.0 Å². The molecule has 0 fully saturated rings. The summed E-state index contributed by atoms with van der Waals surface area (Å²) < 4.78 is 10.9. The summed E-state index contributed by atoms with van der Waals surface area (Å²) in [6.07, 6.45) is 4.00. The molecule has 13 heavy (non-hydrogen) atoms. The molecule has 2 atom stereocenters. The van der Waals surface area contributed by atoms with Crippen LogP contribution in [0.3, 0.4) is 0 Å². The van der Waals surface area contributed by atoms with Gasteiger partial charge in [-0.15, -0.1) is 0 Å². The van der Waals surface area contributed by atoms with Crippen molar-refractivity contribution in [3.8, 4) is 0 Å². The first-order valence-corrected chi connectivity index (χ1v) is 5.29. The minimum atomic E-state index is -1.28. The summed E-state index contributed by atoms with van der Waals surface area (Å²) in [5, 5.41) is 5.17. The fourth-order valence-corrected chi connectivity index (χ4v) is 1.24. The van der Waals surface area contributed by atoms with Crippen molar-refractivity contribution in [2.45, 2.75) is 25.5 Å². The van der Waals surface area contributed by atoms with E-state index in [9.17, 15) is 4.21 Å². The normalized spacial score (nSPS) is 15.3. The van der Waals surface area contributed by atoms with E-state index in [1.54, 1.807) is 12.4 Å². The maximum Gasteiger partial charge on any atom is 0.0920 e. The van der Waals surface area contributed by atoms with Gasteiger partial charge in [-0.1, -0.05) is 0 Å². The van der Waals surface area contributed by atoms with Crippen molar-refractivity contribution in [2.75, 3.05) is 0 Å². The van der Waals surface area contributed by atoms with Gasteiger partial charge in [-0.05, 0) is 13.8 Å². The Morgan fingerprint density at radius 2 is 2.23 bits per heavy atom. The quantitative estimate of drug-likeness (QED) is 0.763. The van der Waals surface area contributed by atoms with Gasteiger partial charge in [0.2, 0.25) is 0 Å². The highest BCUT2D eigenvalue weighted by molar-refractivity contribution is 7.83. The Labute approximate surface area is 80.2 Å². The lowest BCUT2D eigenvalue weighted by Gasteiger charge is -2.05. The van der Waals surface area contributed by atoms with E-state index in [0.717, 1.165) is 11.4 Å². The molecule has 0 aromatic carbocycles. The number of hydrogen-bond acceptors (Lipinski definition) is 3. The molecule has 0 amide bonds. The number of rotatable bonds is 3. The Morgan fingerprint density at radius 3 is 2.69 bits per heavy atom. The predicted molar refractivity (Wildman–Crippen MR) is 52.3 cm³/mol. The smallest absolute Gasteiger partial charge is 0.0920 e. The minimum Gasteiger partial charge on any atom is -0.258 e. The third kappa shape index (κ3) is 3.20. The summed E-state index contributed by atoms with van der Waals surface area (Å²) in [7, 11) is -1.28. The number of aromatic nitrogens is 2. The molecule has 0 aliphatic heterocycles. The standard InChI is InChI=1S/C8H13N3OS/c1-6-4-11-8(5-10-6)3-7(2)13(9)12/h4-5,7H,3,9H2,1-2H3. The Morgan fingerprint density at radius 1 is 1.54 bits per heavy atom. The van der Waals surface area contributed by atoms with Crippen LogP contribution in [0.5, 0.6) is 0 Å². The molecule has 1 aromatic heterocycles. The van der Waals surface area contributed by atoms with Crippen molar-refractivity contribution in [3.63, 3.8) is 0 Å². The first-order valence-electron chi connectivity index (χ1n) is 4.02. The Hall–Kier alpha value is -0.810. The van der Waals surface area contributed by atoms with Crippen LogP contribution in [-0.4, -0.2) is 19.4 Å². The van der Waals surface area contributed by atoms with E-state index < -0.39 is 11.0 Å². The molecule has 1 heterocycles. The third-order valence-electron chi connectivity index (χ3n) is 1.73. The topological polar surface area (TPSA) is 68.9 Å². The lowest BCUT2D eigenvalue weighted by atomic mass is 10.2. The molecule has 2 unspecified atom stereocenters. The third-order valence-corrected chi connectivity index (χ3v) is 2.69. The second kappa shape index (κ2) is 4.43. The predicted octanol–water partition coefficient (Wildman–Crippen LogP) is 0.338. The molecule has 0 aliphatic carbocycles. The van der Waals surface area contributed by atoms with Gasteiger partial charge in [0.05, 0.1) is 27.6 Å². The van der Waals surface area contributed by atoms with Gasteiger partial charge in [-0.3, -0.25) is 15.1 Å². The summed E-state index contributed by atoms with van der Waals surface area (Å²) in [4.78, 5) is 8.24. The molecule has 0 bridgehead atoms. The fraction of sp³-hybridized carbons (Fsp3) is 0.500. The highest BCUT2D eigenvalue weighted by Gasteiger charge is 2.08. The molecule has 1 rings (SSSR count). The van der Waals surface area contributed by atoms with Crippen molar-refractivity contribution in [2.24, 2.45) is 5.14 Å². The van der Waals surface area contributed by atoms with Crippen LogP contribution in [0.4, 0.5) is 0 Å². The van der Waals surface area contributed by atoms with E-state index in [-0.39, 0.29) is 5.25 Å². The van der Waals surface area contributed by atoms with Crippen molar-refractivity contribution in [3.05, 3.63) is 23.8 Å². The van der Waals surface area contributed by atoms with Crippen molar-refractivity contribution in [1.82, 2.24) is 9.97 Å². The number of aryl methyl sites for hydroxylation is 1. The first kappa shape index (κ1) is 10.3. The molecule has 0 radical (unpaired) electrons. The maximum atomic E-state index is 10.9. The average molecular weight is 199 g/mol. The van der Waals surface area contributed by atoms with Crippen LogP contribution >= 0.6 is 0 Å². The van der Waals surface area contributed by atoms with Gasteiger partial charge in [0.25, 0.3) is 0 Å². The molecule has 0 saturated carbocycles. The Bertz CT molecular complexity index is 299. The number of hydrogen-bond donors (Lipinski definition) is 1. The summed E-state index contributed by atoms with van der Waals surface area (Å²) in [5.41, 5.74) is 1.71. The summed E-state index contributed by atoms with van der Waals surface area (Å²) in [6, 6.07) is 0. The van der Waals surface area contributed by atoms with Crippen LogP contribution < -0.4 is 5.14 Å². The second-order valence-electron chi connectivity index (χ2n) is 2.99. The SMILES string of the molecule is Cc1cnc(CC(C)S(N)=O)cn1. The van der Waals surface area contributed by atoms with Crippen LogP contribution in [-0.2, 0) is 17.4 Å². The minimum absolute atomic E-state index is 0.0722. The fourth-order valence-electron chi connectivity index (χ4n) is 0.901. The molecule has 72 valence electrons. The molecule has 2 N–H and O–H groups in total. The Balaban J connectivity index is 2.64. The van der Waals surface area contributed by atoms with Crippen molar-refractivity contribution < 1.29 is 4.21 Å². The van der Waals surface area contributed by atoms with E-state index in [2.05, 4.69) is 9.97 Å². The monoisotopic (exact) mass is 199 g/mol. The van der Waals surface area contributed by atoms with Crippen LogP contribution in [0.25, 0.3) is 0 Å². The van der Waals surface area contributed by atoms with Gasteiger partial charge in [0, 0.05) is 18.8 Å². The molecule has 0 aliphatic rings. The lowest BCUT2D eigenvalue weighted by molar-refractivity contribution is 0.672. The number of nitrogens with zero attached hydrogens (tertiary/aromatic N) is 2.